The molecular formula is C25H25N5O2S. The van der Waals surface area contributed by atoms with E-state index in [4.69, 9.17) is 11.0 Å². The van der Waals surface area contributed by atoms with Gasteiger partial charge in [-0.25, -0.2) is 4.98 Å². The zero-order valence-corrected chi connectivity index (χ0v) is 18.9. The van der Waals surface area contributed by atoms with Crippen molar-refractivity contribution in [3.8, 4) is 6.07 Å². The molecule has 2 heterocycles. The van der Waals surface area contributed by atoms with E-state index in [9.17, 15) is 9.59 Å². The Bertz CT molecular complexity index is 1100. The van der Waals surface area contributed by atoms with Gasteiger partial charge in [-0.1, -0.05) is 60.7 Å². The van der Waals surface area contributed by atoms with E-state index in [1.165, 1.54) is 11.3 Å². The van der Waals surface area contributed by atoms with Crippen LogP contribution in [-0.2, 0) is 16.1 Å². The van der Waals surface area contributed by atoms with E-state index in [1.807, 2.05) is 66.7 Å². The molecule has 0 radical (unpaired) electrons. The van der Waals surface area contributed by atoms with Gasteiger partial charge in [0.1, 0.15) is 17.1 Å². The Morgan fingerprint density at radius 1 is 1.15 bits per heavy atom. The van der Waals surface area contributed by atoms with Crippen LogP contribution in [0.2, 0.25) is 0 Å². The van der Waals surface area contributed by atoms with Crippen molar-refractivity contribution in [2.75, 3.05) is 6.54 Å². The smallest absolute Gasteiger partial charge is 0.243 e. The molecule has 1 aromatic heterocycles. The lowest BCUT2D eigenvalue weighted by Gasteiger charge is -2.31. The predicted molar refractivity (Wildman–Crippen MR) is 126 cm³/mol. The van der Waals surface area contributed by atoms with Crippen LogP contribution in [-0.4, -0.2) is 40.3 Å². The molecule has 3 N–H and O–H groups in total. The van der Waals surface area contributed by atoms with Gasteiger partial charge >= 0.3 is 0 Å². The van der Waals surface area contributed by atoms with E-state index in [0.29, 0.717) is 23.7 Å². The van der Waals surface area contributed by atoms with Crippen molar-refractivity contribution >= 4 is 23.2 Å². The monoisotopic (exact) mass is 459 g/mol. The van der Waals surface area contributed by atoms with Crippen LogP contribution in [0, 0.1) is 11.3 Å². The summed E-state index contributed by atoms with van der Waals surface area (Å²) < 4.78 is 0. The van der Waals surface area contributed by atoms with Crippen LogP contribution in [0.15, 0.2) is 66.0 Å². The number of rotatable bonds is 7. The van der Waals surface area contributed by atoms with E-state index in [1.54, 1.807) is 10.3 Å². The molecule has 1 aliphatic rings. The summed E-state index contributed by atoms with van der Waals surface area (Å²) in [5, 5.41) is 14.1. The summed E-state index contributed by atoms with van der Waals surface area (Å²) in [5.74, 6) is -0.770. The number of nitrogens with two attached hydrogens (primary N) is 1. The molecular weight excluding hydrogens is 434 g/mol. The largest absolute Gasteiger partial charge is 0.348 e. The molecule has 1 aliphatic heterocycles. The fourth-order valence-electron chi connectivity index (χ4n) is 4.29. The number of hydrogen-bond acceptors (Lipinski definition) is 6. The third-order valence-corrected chi connectivity index (χ3v) is 6.73. The number of carbonyl (C=O) groups excluding carboxylic acids is 2. The number of benzene rings is 2. The third-order valence-electron chi connectivity index (χ3n) is 5.88. The van der Waals surface area contributed by atoms with Crippen LogP contribution in [0.5, 0.6) is 0 Å². The Kier molecular flexibility index (Phi) is 7.13. The first-order valence-electron chi connectivity index (χ1n) is 10.9. The molecule has 0 spiro atoms. The molecule has 33 heavy (non-hydrogen) atoms. The van der Waals surface area contributed by atoms with Crippen LogP contribution in [0.3, 0.4) is 0 Å². The van der Waals surface area contributed by atoms with Gasteiger partial charge in [-0.3, -0.25) is 9.59 Å². The number of carbonyl (C=O) groups is 2. The Morgan fingerprint density at radius 2 is 1.79 bits per heavy atom. The lowest BCUT2D eigenvalue weighted by molar-refractivity contribution is -0.139. The fraction of sp³-hybridized carbons (Fsp3) is 0.280. The molecule has 0 unspecified atom stereocenters. The number of nitriles is 1. The van der Waals surface area contributed by atoms with Crippen LogP contribution in [0.25, 0.3) is 0 Å². The summed E-state index contributed by atoms with van der Waals surface area (Å²) in [7, 11) is 0. The molecule has 7 nitrogen and oxygen atoms in total. The maximum atomic E-state index is 13.5. The van der Waals surface area contributed by atoms with Gasteiger partial charge in [0.05, 0.1) is 12.6 Å². The Hall–Kier alpha value is -3.54. The predicted octanol–water partition coefficient (Wildman–Crippen LogP) is 2.78. The zero-order chi connectivity index (χ0) is 23.2. The minimum Gasteiger partial charge on any atom is -0.348 e. The molecule has 2 amide bonds. The Balaban J connectivity index is 1.50. The fourth-order valence-corrected chi connectivity index (χ4v) is 4.95. The van der Waals surface area contributed by atoms with E-state index in [0.717, 1.165) is 17.5 Å². The van der Waals surface area contributed by atoms with Crippen LogP contribution in [0.1, 0.15) is 40.6 Å². The average Bonchev–Trinajstić information content (AvgIpc) is 3.53. The first kappa shape index (κ1) is 22.6. The topological polar surface area (TPSA) is 112 Å². The lowest BCUT2D eigenvalue weighted by Crippen LogP contribution is -2.52. The van der Waals surface area contributed by atoms with Crippen molar-refractivity contribution in [1.82, 2.24) is 15.2 Å². The molecule has 4 rings (SSSR count). The lowest BCUT2D eigenvalue weighted by atomic mass is 9.84. The van der Waals surface area contributed by atoms with E-state index in [2.05, 4.69) is 10.3 Å². The number of hydrogen-bond donors (Lipinski definition) is 2. The average molecular weight is 460 g/mol. The van der Waals surface area contributed by atoms with Gasteiger partial charge in [0.2, 0.25) is 11.8 Å². The second-order valence-corrected chi connectivity index (χ2v) is 8.91. The maximum Gasteiger partial charge on any atom is 0.243 e. The highest BCUT2D eigenvalue weighted by Crippen LogP contribution is 2.30. The maximum absolute atomic E-state index is 13.5. The first-order chi connectivity index (χ1) is 16.1. The van der Waals surface area contributed by atoms with Crippen molar-refractivity contribution in [2.24, 2.45) is 5.73 Å². The molecule has 0 bridgehead atoms. The van der Waals surface area contributed by atoms with Crippen molar-refractivity contribution in [3.63, 3.8) is 0 Å². The number of thiazole rings is 1. The molecule has 2 atom stereocenters. The summed E-state index contributed by atoms with van der Waals surface area (Å²) >= 11 is 1.32. The quantitative estimate of drug-likeness (QED) is 0.564. The molecule has 0 aliphatic carbocycles. The first-order valence-corrected chi connectivity index (χ1v) is 11.7. The summed E-state index contributed by atoms with van der Waals surface area (Å²) in [5.41, 5.74) is 8.84. The molecule has 0 saturated carbocycles. The number of aromatic nitrogens is 1. The minimum absolute atomic E-state index is 0.224. The Morgan fingerprint density at radius 3 is 2.36 bits per heavy atom. The standard InChI is InChI=1S/C25H25N5O2S/c26-14-19-16-33-21(29-19)15-28-24(31)20-12-7-13-30(20)25(32)23(27)22(17-8-3-1-4-9-17)18-10-5-2-6-11-18/h1-6,8-11,16,20,22-23H,7,12-13,15,27H2,(H,28,31)/t20-,23+/m0/s1. The van der Waals surface area contributed by atoms with Gasteiger partial charge in [0, 0.05) is 17.8 Å². The second-order valence-electron chi connectivity index (χ2n) is 7.97. The van der Waals surface area contributed by atoms with Gasteiger partial charge in [0.25, 0.3) is 0 Å². The highest BCUT2D eigenvalue weighted by Gasteiger charge is 2.39. The summed E-state index contributed by atoms with van der Waals surface area (Å²) in [4.78, 5) is 32.2. The highest BCUT2D eigenvalue weighted by atomic mass is 32.1. The zero-order valence-electron chi connectivity index (χ0n) is 18.1. The molecule has 1 saturated heterocycles. The number of amides is 2. The Labute approximate surface area is 196 Å². The van der Waals surface area contributed by atoms with Crippen molar-refractivity contribution < 1.29 is 9.59 Å². The molecule has 2 aromatic carbocycles. The summed E-state index contributed by atoms with van der Waals surface area (Å²) in [6, 6.07) is 20.1. The van der Waals surface area contributed by atoms with Crippen LogP contribution < -0.4 is 11.1 Å². The molecule has 1 fully saturated rings. The van der Waals surface area contributed by atoms with Crippen LogP contribution in [0.4, 0.5) is 0 Å². The van der Waals surface area contributed by atoms with Crippen molar-refractivity contribution in [3.05, 3.63) is 87.9 Å². The summed E-state index contributed by atoms with van der Waals surface area (Å²) in [6.45, 7) is 0.725. The summed E-state index contributed by atoms with van der Waals surface area (Å²) in [6.07, 6.45) is 1.33. The normalized spacial score (nSPS) is 16.4. The highest BCUT2D eigenvalue weighted by molar-refractivity contribution is 7.09. The number of likely N-dealkylation sites (tertiary alicyclic amines) is 1. The van der Waals surface area contributed by atoms with E-state index in [-0.39, 0.29) is 24.3 Å². The van der Waals surface area contributed by atoms with Gasteiger partial charge in [-0.2, -0.15) is 5.26 Å². The van der Waals surface area contributed by atoms with Gasteiger partial charge < -0.3 is 16.0 Å². The van der Waals surface area contributed by atoms with E-state index < -0.39 is 12.1 Å². The third kappa shape index (κ3) is 5.11. The van der Waals surface area contributed by atoms with Gasteiger partial charge in [-0.15, -0.1) is 11.3 Å². The SMILES string of the molecule is N#Cc1csc(CNC(=O)[C@@H]2CCCN2C(=O)[C@H](N)C(c2ccccc2)c2ccccc2)n1. The molecule has 8 heteroatoms. The minimum atomic E-state index is -0.819. The second kappa shape index (κ2) is 10.4. The van der Waals surface area contributed by atoms with Crippen molar-refractivity contribution in [2.45, 2.75) is 37.4 Å². The number of nitrogens with zero attached hydrogens (tertiary/aromatic N) is 3. The van der Waals surface area contributed by atoms with E-state index >= 15 is 0 Å². The molecule has 3 aromatic rings. The van der Waals surface area contributed by atoms with Crippen molar-refractivity contribution in [1.29, 1.82) is 5.26 Å². The van der Waals surface area contributed by atoms with Gasteiger partial charge in [0.15, 0.2) is 5.69 Å². The van der Waals surface area contributed by atoms with Gasteiger partial charge in [-0.05, 0) is 24.0 Å². The molecule has 168 valence electrons. The number of nitrogens with one attached hydrogen (secondary N) is 1. The van der Waals surface area contributed by atoms with Crippen LogP contribution >= 0.6 is 11.3 Å².